The first-order valence-electron chi connectivity index (χ1n) is 5.13. The highest BCUT2D eigenvalue weighted by Gasteiger charge is 2.39. The van der Waals surface area contributed by atoms with Crippen molar-refractivity contribution in [3.63, 3.8) is 0 Å². The molecular formula is C11H22O. The quantitative estimate of drug-likeness (QED) is 0.641. The second-order valence-corrected chi connectivity index (χ2v) is 5.12. The van der Waals surface area contributed by atoms with Crippen molar-refractivity contribution in [2.75, 3.05) is 0 Å². The third-order valence-electron chi connectivity index (χ3n) is 3.52. The minimum absolute atomic E-state index is 0.143. The SMILES string of the molecule is CC(O)[C@@H]1[C@H](C)CCCC1(C)C. The molecule has 0 aromatic carbocycles. The summed E-state index contributed by atoms with van der Waals surface area (Å²) >= 11 is 0. The maximum atomic E-state index is 9.68. The molecule has 0 bridgehead atoms. The Morgan fingerprint density at radius 2 is 2.00 bits per heavy atom. The predicted octanol–water partition coefficient (Wildman–Crippen LogP) is 2.83. The summed E-state index contributed by atoms with van der Waals surface area (Å²) in [6.45, 7) is 8.80. The Morgan fingerprint density at radius 1 is 1.42 bits per heavy atom. The molecule has 12 heavy (non-hydrogen) atoms. The molecule has 1 rings (SSSR count). The smallest absolute Gasteiger partial charge is 0.0547 e. The van der Waals surface area contributed by atoms with Gasteiger partial charge in [0.1, 0.15) is 0 Å². The van der Waals surface area contributed by atoms with E-state index in [0.29, 0.717) is 17.3 Å². The summed E-state index contributed by atoms with van der Waals surface area (Å²) in [5.41, 5.74) is 0.339. The number of rotatable bonds is 1. The second-order valence-electron chi connectivity index (χ2n) is 5.12. The van der Waals surface area contributed by atoms with Crippen LogP contribution in [0.5, 0.6) is 0 Å². The van der Waals surface area contributed by atoms with E-state index in [1.165, 1.54) is 19.3 Å². The van der Waals surface area contributed by atoms with Crippen LogP contribution in [0.2, 0.25) is 0 Å². The van der Waals surface area contributed by atoms with Crippen LogP contribution in [-0.4, -0.2) is 11.2 Å². The van der Waals surface area contributed by atoms with Gasteiger partial charge in [-0.2, -0.15) is 0 Å². The summed E-state index contributed by atoms with van der Waals surface area (Å²) in [5, 5.41) is 9.68. The molecule has 1 nitrogen and oxygen atoms in total. The van der Waals surface area contributed by atoms with Crippen LogP contribution in [0, 0.1) is 17.3 Å². The van der Waals surface area contributed by atoms with Gasteiger partial charge in [0.15, 0.2) is 0 Å². The second kappa shape index (κ2) is 3.37. The number of aliphatic hydroxyl groups excluding tert-OH is 1. The Labute approximate surface area is 76.2 Å². The van der Waals surface area contributed by atoms with Gasteiger partial charge in [-0.05, 0) is 30.6 Å². The molecule has 0 heterocycles. The molecule has 0 aliphatic heterocycles. The monoisotopic (exact) mass is 170 g/mol. The Hall–Kier alpha value is -0.0400. The van der Waals surface area contributed by atoms with E-state index in [-0.39, 0.29) is 6.10 Å². The van der Waals surface area contributed by atoms with Crippen LogP contribution < -0.4 is 0 Å². The van der Waals surface area contributed by atoms with Crippen LogP contribution in [0.1, 0.15) is 47.0 Å². The van der Waals surface area contributed by atoms with Crippen molar-refractivity contribution in [1.82, 2.24) is 0 Å². The van der Waals surface area contributed by atoms with Crippen molar-refractivity contribution in [2.45, 2.75) is 53.1 Å². The Balaban J connectivity index is 2.74. The van der Waals surface area contributed by atoms with E-state index >= 15 is 0 Å². The summed E-state index contributed by atoms with van der Waals surface area (Å²) in [7, 11) is 0. The van der Waals surface area contributed by atoms with E-state index in [9.17, 15) is 5.11 Å². The fourth-order valence-corrected chi connectivity index (χ4v) is 3.12. The zero-order valence-corrected chi connectivity index (χ0v) is 8.80. The summed E-state index contributed by atoms with van der Waals surface area (Å²) < 4.78 is 0. The molecule has 0 radical (unpaired) electrons. The molecule has 72 valence electrons. The van der Waals surface area contributed by atoms with Gasteiger partial charge in [-0.1, -0.05) is 33.6 Å². The average molecular weight is 170 g/mol. The molecule has 1 heteroatoms. The third kappa shape index (κ3) is 1.82. The van der Waals surface area contributed by atoms with Crippen LogP contribution in [0.15, 0.2) is 0 Å². The minimum Gasteiger partial charge on any atom is -0.393 e. The Kier molecular flexibility index (Phi) is 2.82. The first kappa shape index (κ1) is 10.0. The van der Waals surface area contributed by atoms with Gasteiger partial charge in [0, 0.05) is 0 Å². The summed E-state index contributed by atoms with van der Waals surface area (Å²) in [6, 6.07) is 0. The van der Waals surface area contributed by atoms with E-state index in [0.717, 1.165) is 0 Å². The minimum atomic E-state index is -0.143. The lowest BCUT2D eigenvalue weighted by Gasteiger charge is -2.44. The summed E-state index contributed by atoms with van der Waals surface area (Å²) in [5.74, 6) is 1.18. The van der Waals surface area contributed by atoms with Gasteiger partial charge >= 0.3 is 0 Å². The maximum absolute atomic E-state index is 9.68. The number of aliphatic hydroxyl groups is 1. The van der Waals surface area contributed by atoms with Gasteiger partial charge in [-0.3, -0.25) is 0 Å². The van der Waals surface area contributed by atoms with Crippen LogP contribution >= 0.6 is 0 Å². The average Bonchev–Trinajstić information content (AvgIpc) is 1.82. The number of hydrogen-bond donors (Lipinski definition) is 1. The van der Waals surface area contributed by atoms with Crippen LogP contribution in [0.25, 0.3) is 0 Å². The van der Waals surface area contributed by atoms with Crippen molar-refractivity contribution in [2.24, 2.45) is 17.3 Å². The molecule has 3 atom stereocenters. The van der Waals surface area contributed by atoms with Crippen LogP contribution in [0.4, 0.5) is 0 Å². The van der Waals surface area contributed by atoms with Gasteiger partial charge < -0.3 is 5.11 Å². The summed E-state index contributed by atoms with van der Waals surface area (Å²) in [6.07, 6.45) is 3.75. The van der Waals surface area contributed by atoms with E-state index in [1.807, 2.05) is 6.92 Å². The highest BCUT2D eigenvalue weighted by molar-refractivity contribution is 4.88. The fourth-order valence-electron chi connectivity index (χ4n) is 3.12. The molecule has 0 aromatic heterocycles. The molecule has 1 saturated carbocycles. The topological polar surface area (TPSA) is 20.2 Å². The lowest BCUT2D eigenvalue weighted by molar-refractivity contribution is -0.0179. The van der Waals surface area contributed by atoms with Gasteiger partial charge in [0.2, 0.25) is 0 Å². The Morgan fingerprint density at radius 3 is 2.33 bits per heavy atom. The van der Waals surface area contributed by atoms with Crippen molar-refractivity contribution < 1.29 is 5.11 Å². The van der Waals surface area contributed by atoms with Gasteiger partial charge in [0.25, 0.3) is 0 Å². The Bertz CT molecular complexity index is 149. The molecule has 1 aliphatic rings. The zero-order valence-electron chi connectivity index (χ0n) is 8.80. The predicted molar refractivity (Wildman–Crippen MR) is 52.0 cm³/mol. The normalized spacial score (nSPS) is 37.8. The molecule has 0 aromatic rings. The molecular weight excluding hydrogens is 148 g/mol. The lowest BCUT2D eigenvalue weighted by Crippen LogP contribution is -2.40. The third-order valence-corrected chi connectivity index (χ3v) is 3.52. The van der Waals surface area contributed by atoms with E-state index < -0.39 is 0 Å². The first-order chi connectivity index (χ1) is 5.45. The van der Waals surface area contributed by atoms with Crippen molar-refractivity contribution >= 4 is 0 Å². The maximum Gasteiger partial charge on any atom is 0.0547 e. The summed E-state index contributed by atoms with van der Waals surface area (Å²) in [4.78, 5) is 0. The van der Waals surface area contributed by atoms with Crippen LogP contribution in [0.3, 0.4) is 0 Å². The highest BCUT2D eigenvalue weighted by Crippen LogP contribution is 2.45. The first-order valence-corrected chi connectivity index (χ1v) is 5.13. The molecule has 0 saturated heterocycles. The molecule has 1 aliphatic carbocycles. The molecule has 1 N–H and O–H groups in total. The molecule has 1 fully saturated rings. The highest BCUT2D eigenvalue weighted by atomic mass is 16.3. The van der Waals surface area contributed by atoms with Crippen molar-refractivity contribution in [3.8, 4) is 0 Å². The van der Waals surface area contributed by atoms with E-state index in [4.69, 9.17) is 0 Å². The zero-order chi connectivity index (χ0) is 9.35. The molecule has 0 amide bonds. The number of hydrogen-bond acceptors (Lipinski definition) is 1. The van der Waals surface area contributed by atoms with Gasteiger partial charge in [-0.15, -0.1) is 0 Å². The fraction of sp³-hybridized carbons (Fsp3) is 1.00. The van der Waals surface area contributed by atoms with Crippen molar-refractivity contribution in [1.29, 1.82) is 0 Å². The van der Waals surface area contributed by atoms with Crippen molar-refractivity contribution in [3.05, 3.63) is 0 Å². The van der Waals surface area contributed by atoms with E-state index in [2.05, 4.69) is 20.8 Å². The van der Waals surface area contributed by atoms with Gasteiger partial charge in [0.05, 0.1) is 6.10 Å². The molecule has 0 spiro atoms. The molecule has 1 unspecified atom stereocenters. The van der Waals surface area contributed by atoms with E-state index in [1.54, 1.807) is 0 Å². The van der Waals surface area contributed by atoms with Gasteiger partial charge in [-0.25, -0.2) is 0 Å². The lowest BCUT2D eigenvalue weighted by atomic mass is 9.62. The van der Waals surface area contributed by atoms with Crippen LogP contribution in [-0.2, 0) is 0 Å². The standard InChI is InChI=1S/C11H22O/c1-8-6-5-7-11(3,4)10(8)9(2)12/h8-10,12H,5-7H2,1-4H3/t8-,9?,10+/m1/s1. The largest absolute Gasteiger partial charge is 0.393 e.